The van der Waals surface area contributed by atoms with Crippen LogP contribution in [0, 0.1) is 0 Å². The molecular weight excluding hydrogens is 338 g/mol. The molecule has 0 fully saturated rings. The first-order valence-electron chi connectivity index (χ1n) is 7.47. The summed E-state index contributed by atoms with van der Waals surface area (Å²) in [6, 6.07) is 8.93. The number of carbonyl (C=O) groups excluding carboxylic acids is 2. The summed E-state index contributed by atoms with van der Waals surface area (Å²) in [5.41, 5.74) is 8.51. The number of anilines is 2. The van der Waals surface area contributed by atoms with Gasteiger partial charge in [-0.05, 0) is 30.3 Å². The Kier molecular flexibility index (Phi) is 4.53. The van der Waals surface area contributed by atoms with Gasteiger partial charge in [-0.3, -0.25) is 14.9 Å². The van der Waals surface area contributed by atoms with Gasteiger partial charge in [0.1, 0.15) is 5.69 Å². The van der Waals surface area contributed by atoms with E-state index in [1.165, 1.54) is 11.3 Å². The van der Waals surface area contributed by atoms with Crippen molar-refractivity contribution < 1.29 is 9.59 Å². The Hall–Kier alpha value is -3.13. The number of aromatic nitrogens is 2. The zero-order valence-corrected chi connectivity index (χ0v) is 14.6. The van der Waals surface area contributed by atoms with Crippen molar-refractivity contribution in [1.82, 2.24) is 9.97 Å². The molecular formula is C17H17N5O2S. The molecule has 3 rings (SSSR count). The molecule has 2 aromatic heterocycles. The molecule has 2 amide bonds. The largest absolute Gasteiger partial charge is 0.378 e. The molecule has 4 N–H and O–H groups in total. The van der Waals surface area contributed by atoms with Crippen molar-refractivity contribution in [3.63, 3.8) is 0 Å². The maximum absolute atomic E-state index is 12.3. The van der Waals surface area contributed by atoms with Crippen LogP contribution < -0.4 is 16.0 Å². The molecule has 0 bridgehead atoms. The van der Waals surface area contributed by atoms with Crippen molar-refractivity contribution >= 4 is 34.0 Å². The van der Waals surface area contributed by atoms with E-state index in [0.29, 0.717) is 22.1 Å². The van der Waals surface area contributed by atoms with Crippen LogP contribution >= 0.6 is 11.3 Å². The van der Waals surface area contributed by atoms with Gasteiger partial charge in [0, 0.05) is 42.5 Å². The number of benzene rings is 1. The van der Waals surface area contributed by atoms with Crippen molar-refractivity contribution in [2.24, 2.45) is 5.73 Å². The van der Waals surface area contributed by atoms with E-state index in [2.05, 4.69) is 15.3 Å². The average molecular weight is 355 g/mol. The smallest absolute Gasteiger partial charge is 0.265 e. The van der Waals surface area contributed by atoms with Crippen LogP contribution in [0.4, 0.5) is 10.8 Å². The van der Waals surface area contributed by atoms with Crippen LogP contribution in [0.5, 0.6) is 0 Å². The Morgan fingerprint density at radius 3 is 2.56 bits per heavy atom. The van der Waals surface area contributed by atoms with Gasteiger partial charge >= 0.3 is 0 Å². The Morgan fingerprint density at radius 2 is 1.96 bits per heavy atom. The first kappa shape index (κ1) is 16.7. The van der Waals surface area contributed by atoms with Crippen molar-refractivity contribution in [1.29, 1.82) is 0 Å². The molecule has 0 aliphatic rings. The lowest BCUT2D eigenvalue weighted by atomic mass is 10.2. The second-order valence-electron chi connectivity index (χ2n) is 5.60. The first-order chi connectivity index (χ1) is 11.9. The summed E-state index contributed by atoms with van der Waals surface area (Å²) in [5.74, 6) is -0.755. The van der Waals surface area contributed by atoms with E-state index in [-0.39, 0.29) is 5.91 Å². The predicted octanol–water partition coefficient (Wildman–Crippen LogP) is 2.56. The lowest BCUT2D eigenvalue weighted by molar-refractivity contribution is 0.0994. The maximum atomic E-state index is 12.3. The maximum Gasteiger partial charge on any atom is 0.265 e. The quantitative estimate of drug-likeness (QED) is 0.654. The molecule has 0 radical (unpaired) electrons. The zero-order valence-electron chi connectivity index (χ0n) is 13.7. The number of hydrogen-bond acceptors (Lipinski definition) is 5. The lowest BCUT2D eigenvalue weighted by Gasteiger charge is -2.12. The van der Waals surface area contributed by atoms with Crippen LogP contribution in [0.25, 0.3) is 11.3 Å². The van der Waals surface area contributed by atoms with Gasteiger partial charge in [-0.25, -0.2) is 4.98 Å². The van der Waals surface area contributed by atoms with Gasteiger partial charge in [-0.2, -0.15) is 0 Å². The highest BCUT2D eigenvalue weighted by Crippen LogP contribution is 2.26. The summed E-state index contributed by atoms with van der Waals surface area (Å²) in [4.78, 5) is 32.6. The van der Waals surface area contributed by atoms with Gasteiger partial charge in [-0.15, -0.1) is 11.3 Å². The van der Waals surface area contributed by atoms with E-state index < -0.39 is 5.91 Å². The fourth-order valence-electron chi connectivity index (χ4n) is 2.23. The number of carbonyl (C=O) groups is 2. The van der Waals surface area contributed by atoms with Gasteiger partial charge in [0.2, 0.25) is 0 Å². The van der Waals surface area contributed by atoms with Crippen LogP contribution in [0.1, 0.15) is 20.8 Å². The zero-order chi connectivity index (χ0) is 18.0. The Labute approximate surface area is 148 Å². The van der Waals surface area contributed by atoms with E-state index in [4.69, 9.17) is 5.73 Å². The number of nitrogens with one attached hydrogen (secondary N) is 2. The highest BCUT2D eigenvalue weighted by atomic mass is 32.1. The molecule has 2 heterocycles. The molecule has 0 spiro atoms. The molecule has 0 unspecified atom stereocenters. The normalized spacial score (nSPS) is 10.5. The summed E-state index contributed by atoms with van der Waals surface area (Å²) >= 11 is 1.31. The van der Waals surface area contributed by atoms with Gasteiger partial charge < -0.3 is 15.6 Å². The second-order valence-corrected chi connectivity index (χ2v) is 6.46. The molecule has 0 aliphatic carbocycles. The molecule has 3 aromatic rings. The lowest BCUT2D eigenvalue weighted by Crippen LogP contribution is -2.13. The summed E-state index contributed by atoms with van der Waals surface area (Å²) in [6.07, 6.45) is 1.65. The SMILES string of the molecule is CN(C)c1ccc(C(=O)Nc2nc(-c3c[nH]c(C(N)=O)c3)cs2)cc1. The fourth-order valence-corrected chi connectivity index (χ4v) is 2.94. The monoisotopic (exact) mass is 355 g/mol. The minimum absolute atomic E-state index is 0.224. The molecule has 7 nitrogen and oxygen atoms in total. The number of thiazole rings is 1. The number of amides is 2. The van der Waals surface area contributed by atoms with Crippen molar-refractivity contribution in [3.8, 4) is 11.3 Å². The molecule has 128 valence electrons. The number of hydrogen-bond donors (Lipinski definition) is 3. The molecule has 0 aliphatic heterocycles. The second kappa shape index (κ2) is 6.78. The van der Waals surface area contributed by atoms with Crippen LogP contribution in [-0.2, 0) is 0 Å². The van der Waals surface area contributed by atoms with Crippen molar-refractivity contribution in [2.45, 2.75) is 0 Å². The third-order valence-electron chi connectivity index (χ3n) is 3.61. The average Bonchev–Trinajstić information content (AvgIpc) is 3.23. The Bertz CT molecular complexity index is 911. The molecule has 0 saturated heterocycles. The van der Waals surface area contributed by atoms with Crippen LogP contribution in [0.15, 0.2) is 41.9 Å². The minimum atomic E-state index is -0.531. The van der Waals surface area contributed by atoms with Crippen molar-refractivity contribution in [2.75, 3.05) is 24.3 Å². The first-order valence-corrected chi connectivity index (χ1v) is 8.35. The van der Waals surface area contributed by atoms with E-state index in [1.54, 1.807) is 29.8 Å². The molecule has 25 heavy (non-hydrogen) atoms. The molecule has 0 saturated carbocycles. The Morgan fingerprint density at radius 1 is 1.24 bits per heavy atom. The molecule has 1 aromatic carbocycles. The minimum Gasteiger partial charge on any atom is -0.378 e. The standard InChI is InChI=1S/C17H17N5O2S/c1-22(2)12-5-3-10(4-6-12)16(24)21-17-20-14(9-25-17)11-7-13(15(18)23)19-8-11/h3-9,19H,1-2H3,(H2,18,23)(H,20,21,24). The van der Waals surface area contributed by atoms with E-state index in [9.17, 15) is 9.59 Å². The number of aromatic amines is 1. The van der Waals surface area contributed by atoms with Crippen LogP contribution in [0.3, 0.4) is 0 Å². The number of nitrogens with two attached hydrogens (primary N) is 1. The van der Waals surface area contributed by atoms with Gasteiger partial charge in [0.05, 0.1) is 5.69 Å². The van der Waals surface area contributed by atoms with Gasteiger partial charge in [0.25, 0.3) is 11.8 Å². The van der Waals surface area contributed by atoms with Crippen LogP contribution in [-0.4, -0.2) is 35.9 Å². The molecule has 0 atom stereocenters. The number of H-pyrrole nitrogens is 1. The summed E-state index contributed by atoms with van der Waals surface area (Å²) < 4.78 is 0. The fraction of sp³-hybridized carbons (Fsp3) is 0.118. The summed E-state index contributed by atoms with van der Waals surface area (Å²) in [6.45, 7) is 0. The highest BCUT2D eigenvalue weighted by molar-refractivity contribution is 7.14. The Balaban J connectivity index is 1.72. The van der Waals surface area contributed by atoms with E-state index in [1.807, 2.05) is 31.1 Å². The summed E-state index contributed by atoms with van der Waals surface area (Å²) in [5, 5.41) is 5.07. The number of rotatable bonds is 5. The van der Waals surface area contributed by atoms with Crippen molar-refractivity contribution in [3.05, 3.63) is 53.2 Å². The topological polar surface area (TPSA) is 104 Å². The third kappa shape index (κ3) is 3.69. The number of nitrogens with zero attached hydrogens (tertiary/aromatic N) is 2. The van der Waals surface area contributed by atoms with E-state index >= 15 is 0 Å². The predicted molar refractivity (Wildman–Crippen MR) is 99.1 cm³/mol. The van der Waals surface area contributed by atoms with Gasteiger partial charge in [0.15, 0.2) is 5.13 Å². The molecule has 8 heteroatoms. The van der Waals surface area contributed by atoms with Gasteiger partial charge in [-0.1, -0.05) is 0 Å². The highest BCUT2D eigenvalue weighted by Gasteiger charge is 2.12. The summed E-state index contributed by atoms with van der Waals surface area (Å²) in [7, 11) is 3.88. The van der Waals surface area contributed by atoms with Crippen LogP contribution in [0.2, 0.25) is 0 Å². The van der Waals surface area contributed by atoms with E-state index in [0.717, 1.165) is 11.3 Å². The third-order valence-corrected chi connectivity index (χ3v) is 4.37. The number of primary amides is 1.